The van der Waals surface area contributed by atoms with Crippen LogP contribution < -0.4 is 9.80 Å². The molecule has 4 nitrogen and oxygen atoms in total. The van der Waals surface area contributed by atoms with Crippen LogP contribution >= 0.6 is 23.2 Å². The topological polar surface area (TPSA) is 40.6 Å². The highest BCUT2D eigenvalue weighted by molar-refractivity contribution is 6.48. The molecule has 0 saturated carbocycles. The van der Waals surface area contributed by atoms with E-state index in [1.807, 2.05) is 0 Å². The molecular weight excluding hydrogens is 445 g/mol. The zero-order valence-corrected chi connectivity index (χ0v) is 17.6. The molecule has 0 atom stereocenters. The number of hydrogen-bond donors (Lipinski definition) is 0. The Morgan fingerprint density at radius 2 is 1.58 bits per heavy atom. The highest BCUT2D eigenvalue weighted by atomic mass is 35.5. The number of rotatable bonds is 4. The van der Waals surface area contributed by atoms with Gasteiger partial charge in [0.05, 0.1) is 16.3 Å². The van der Waals surface area contributed by atoms with Crippen LogP contribution in [-0.2, 0) is 9.59 Å². The van der Waals surface area contributed by atoms with Crippen LogP contribution in [0.15, 0.2) is 72.4 Å². The first-order chi connectivity index (χ1) is 14.8. The van der Waals surface area contributed by atoms with Crippen molar-refractivity contribution in [3.8, 4) is 0 Å². The van der Waals surface area contributed by atoms with Crippen molar-refractivity contribution in [1.29, 1.82) is 0 Å². The van der Waals surface area contributed by atoms with Gasteiger partial charge in [0.15, 0.2) is 0 Å². The smallest absolute Gasteiger partial charge is 0.282 e. The van der Waals surface area contributed by atoms with Crippen LogP contribution in [0.25, 0.3) is 5.57 Å². The fraction of sp³-hybridized carbons (Fsp3) is 0.0435. The van der Waals surface area contributed by atoms with E-state index in [4.69, 9.17) is 23.2 Å². The standard InChI is InChI=1S/C23H14Cl2F2N2O2/c1-28(15-5-3-2-4-6-15)21-20(16-9-7-13(24)11-17(16)25)22(30)29(23(21)31)19-12-14(26)8-10-18(19)27/h2-12H,1H3. The van der Waals surface area contributed by atoms with E-state index >= 15 is 0 Å². The third-order valence-corrected chi connectivity index (χ3v) is 5.44. The normalized spacial score (nSPS) is 13.9. The zero-order valence-electron chi connectivity index (χ0n) is 16.1. The van der Waals surface area contributed by atoms with Gasteiger partial charge < -0.3 is 4.90 Å². The molecule has 0 aliphatic carbocycles. The number of carbonyl (C=O) groups is 2. The molecule has 8 heteroatoms. The maximum absolute atomic E-state index is 14.5. The van der Waals surface area contributed by atoms with Crippen molar-refractivity contribution in [2.45, 2.75) is 0 Å². The lowest BCUT2D eigenvalue weighted by Gasteiger charge is -2.21. The Labute approximate surface area is 186 Å². The first kappa shape index (κ1) is 21.0. The highest BCUT2D eigenvalue weighted by Crippen LogP contribution is 2.39. The van der Waals surface area contributed by atoms with Gasteiger partial charge >= 0.3 is 0 Å². The molecule has 1 heterocycles. The summed E-state index contributed by atoms with van der Waals surface area (Å²) in [5, 5.41) is 0.487. The lowest BCUT2D eigenvalue weighted by atomic mass is 10.0. The third kappa shape index (κ3) is 3.69. The minimum Gasteiger partial charge on any atom is -0.339 e. The second kappa shape index (κ2) is 8.13. The minimum absolute atomic E-state index is 0.0240. The molecule has 0 radical (unpaired) electrons. The summed E-state index contributed by atoms with van der Waals surface area (Å²) < 4.78 is 28.3. The molecule has 156 valence electrons. The molecule has 4 rings (SSSR count). The summed E-state index contributed by atoms with van der Waals surface area (Å²) in [6.07, 6.45) is 0. The fourth-order valence-electron chi connectivity index (χ4n) is 3.42. The van der Waals surface area contributed by atoms with E-state index in [-0.39, 0.29) is 21.9 Å². The van der Waals surface area contributed by atoms with Gasteiger partial charge in [0, 0.05) is 29.4 Å². The molecule has 0 bridgehead atoms. The Balaban J connectivity index is 1.94. The van der Waals surface area contributed by atoms with Crippen LogP contribution in [0.3, 0.4) is 0 Å². The summed E-state index contributed by atoms with van der Waals surface area (Å²) in [5.74, 6) is -3.32. The Kier molecular flexibility index (Phi) is 5.52. The second-order valence-electron chi connectivity index (χ2n) is 6.78. The number of anilines is 2. The van der Waals surface area contributed by atoms with Gasteiger partial charge in [0.1, 0.15) is 17.3 Å². The SMILES string of the molecule is CN(C1=C(c2ccc(Cl)cc2Cl)C(=O)N(c2cc(F)ccc2F)C1=O)c1ccccc1. The van der Waals surface area contributed by atoms with Gasteiger partial charge in [-0.05, 0) is 36.4 Å². The van der Waals surface area contributed by atoms with Crippen molar-refractivity contribution in [2.24, 2.45) is 0 Å². The van der Waals surface area contributed by atoms with Crippen LogP contribution in [0.2, 0.25) is 10.0 Å². The van der Waals surface area contributed by atoms with E-state index in [1.165, 1.54) is 23.1 Å². The van der Waals surface area contributed by atoms with Crippen LogP contribution in [0, 0.1) is 11.6 Å². The largest absolute Gasteiger partial charge is 0.339 e. The third-order valence-electron chi connectivity index (χ3n) is 4.89. The predicted octanol–water partition coefficient (Wildman–Crippen LogP) is 5.69. The van der Waals surface area contributed by atoms with Gasteiger partial charge in [0.25, 0.3) is 11.8 Å². The van der Waals surface area contributed by atoms with Crippen molar-refractivity contribution in [3.63, 3.8) is 0 Å². The highest BCUT2D eigenvalue weighted by Gasteiger charge is 2.43. The molecule has 0 fully saturated rings. The van der Waals surface area contributed by atoms with Crippen LogP contribution in [0.4, 0.5) is 20.2 Å². The Morgan fingerprint density at radius 1 is 0.871 bits per heavy atom. The number of likely N-dealkylation sites (N-methyl/N-ethyl adjacent to an activating group) is 1. The second-order valence-corrected chi connectivity index (χ2v) is 7.63. The summed E-state index contributed by atoms with van der Waals surface area (Å²) in [5.41, 5.74) is 0.323. The molecular formula is C23H14Cl2F2N2O2. The van der Waals surface area contributed by atoms with Crippen molar-refractivity contribution in [3.05, 3.63) is 99.7 Å². The van der Waals surface area contributed by atoms with Gasteiger partial charge in [-0.25, -0.2) is 13.7 Å². The van der Waals surface area contributed by atoms with E-state index in [0.29, 0.717) is 15.6 Å². The van der Waals surface area contributed by atoms with Crippen molar-refractivity contribution < 1.29 is 18.4 Å². The fourth-order valence-corrected chi connectivity index (χ4v) is 3.92. The average Bonchev–Trinajstić information content (AvgIpc) is 3.00. The van der Waals surface area contributed by atoms with Gasteiger partial charge in [-0.15, -0.1) is 0 Å². The molecule has 1 aliphatic rings. The van der Waals surface area contributed by atoms with E-state index in [1.54, 1.807) is 37.4 Å². The summed E-state index contributed by atoms with van der Waals surface area (Å²) in [6, 6.07) is 15.9. The van der Waals surface area contributed by atoms with E-state index in [0.717, 1.165) is 18.2 Å². The summed E-state index contributed by atoms with van der Waals surface area (Å²) in [7, 11) is 1.60. The monoisotopic (exact) mass is 458 g/mol. The lowest BCUT2D eigenvalue weighted by molar-refractivity contribution is -0.120. The van der Waals surface area contributed by atoms with E-state index in [9.17, 15) is 18.4 Å². The molecule has 1 aliphatic heterocycles. The lowest BCUT2D eigenvalue weighted by Crippen LogP contribution is -2.35. The van der Waals surface area contributed by atoms with Crippen LogP contribution in [0.1, 0.15) is 5.56 Å². The molecule has 3 aromatic rings. The number of imide groups is 1. The molecule has 31 heavy (non-hydrogen) atoms. The molecule has 0 N–H and O–H groups in total. The number of hydrogen-bond acceptors (Lipinski definition) is 3. The number of nitrogens with zero attached hydrogens (tertiary/aromatic N) is 2. The predicted molar refractivity (Wildman–Crippen MR) is 117 cm³/mol. The number of amides is 2. The number of carbonyl (C=O) groups excluding carboxylic acids is 2. The van der Waals surface area contributed by atoms with Gasteiger partial charge in [-0.3, -0.25) is 9.59 Å². The van der Waals surface area contributed by atoms with Gasteiger partial charge in [-0.1, -0.05) is 47.5 Å². The summed E-state index contributed by atoms with van der Waals surface area (Å²) >= 11 is 12.3. The minimum atomic E-state index is -0.909. The average molecular weight is 459 g/mol. The Hall–Kier alpha value is -3.22. The van der Waals surface area contributed by atoms with Crippen molar-refractivity contribution in [2.75, 3.05) is 16.8 Å². The van der Waals surface area contributed by atoms with Crippen molar-refractivity contribution in [1.82, 2.24) is 0 Å². The number of para-hydroxylation sites is 1. The first-order valence-corrected chi connectivity index (χ1v) is 9.87. The van der Waals surface area contributed by atoms with Crippen LogP contribution in [0.5, 0.6) is 0 Å². The number of halogens is 4. The maximum Gasteiger partial charge on any atom is 0.282 e. The molecule has 0 saturated heterocycles. The zero-order chi connectivity index (χ0) is 22.3. The number of benzene rings is 3. The molecule has 0 spiro atoms. The van der Waals surface area contributed by atoms with Gasteiger partial charge in [-0.2, -0.15) is 0 Å². The van der Waals surface area contributed by atoms with Crippen molar-refractivity contribution >= 4 is 52.0 Å². The Morgan fingerprint density at radius 3 is 2.26 bits per heavy atom. The molecule has 0 aromatic heterocycles. The van der Waals surface area contributed by atoms with Crippen LogP contribution in [-0.4, -0.2) is 18.9 Å². The van der Waals surface area contributed by atoms with E-state index < -0.39 is 29.1 Å². The quantitative estimate of drug-likeness (QED) is 0.471. The van der Waals surface area contributed by atoms with E-state index in [2.05, 4.69) is 0 Å². The first-order valence-electron chi connectivity index (χ1n) is 9.12. The summed E-state index contributed by atoms with van der Waals surface area (Å²) in [4.78, 5) is 28.9. The molecule has 2 amide bonds. The molecule has 0 unspecified atom stereocenters. The Bertz CT molecular complexity index is 1250. The maximum atomic E-state index is 14.5. The van der Waals surface area contributed by atoms with Gasteiger partial charge in [0.2, 0.25) is 0 Å². The summed E-state index contributed by atoms with van der Waals surface area (Å²) in [6.45, 7) is 0. The molecule has 3 aromatic carbocycles.